The zero-order valence-corrected chi connectivity index (χ0v) is 17.1. The Hall–Kier alpha value is -1.11. The van der Waals surface area contributed by atoms with Crippen molar-refractivity contribution in [3.8, 4) is 0 Å². The second-order valence-corrected chi connectivity index (χ2v) is 9.29. The van der Waals surface area contributed by atoms with Gasteiger partial charge in [-0.05, 0) is 67.9 Å². The second-order valence-electron chi connectivity index (χ2n) is 9.29. The van der Waals surface area contributed by atoms with Crippen molar-refractivity contribution < 1.29 is 27.8 Å². The fourth-order valence-electron chi connectivity index (χ4n) is 5.77. The number of aliphatic hydroxyl groups is 1. The molecule has 0 aromatic carbocycles. The molecule has 1 fully saturated rings. The van der Waals surface area contributed by atoms with Gasteiger partial charge in [-0.15, -0.1) is 0 Å². The molecule has 3 unspecified atom stereocenters. The zero-order valence-electron chi connectivity index (χ0n) is 17.1. The third-order valence-corrected chi connectivity index (χ3v) is 7.40. The van der Waals surface area contributed by atoms with Gasteiger partial charge in [-0.25, -0.2) is 4.39 Å². The van der Waals surface area contributed by atoms with E-state index in [1.54, 1.807) is 0 Å². The summed E-state index contributed by atoms with van der Waals surface area (Å²) >= 11 is 0. The van der Waals surface area contributed by atoms with Crippen LogP contribution >= 0.6 is 0 Å². The highest BCUT2D eigenvalue weighted by Crippen LogP contribution is 2.50. The summed E-state index contributed by atoms with van der Waals surface area (Å²) in [6.45, 7) is 3.49. The van der Waals surface area contributed by atoms with Gasteiger partial charge in [0.25, 0.3) is 0 Å². The van der Waals surface area contributed by atoms with Crippen molar-refractivity contribution in [1.29, 1.82) is 0 Å². The van der Waals surface area contributed by atoms with Crippen LogP contribution in [0.25, 0.3) is 0 Å². The molecule has 29 heavy (non-hydrogen) atoms. The predicted molar refractivity (Wildman–Crippen MR) is 104 cm³/mol. The van der Waals surface area contributed by atoms with Gasteiger partial charge < -0.3 is 14.6 Å². The Labute approximate surface area is 170 Å². The minimum Gasteiger partial charge on any atom is -0.389 e. The van der Waals surface area contributed by atoms with Gasteiger partial charge in [0.15, 0.2) is 11.6 Å². The Balaban J connectivity index is 1.57. The molecule has 1 N–H and O–H groups in total. The molecule has 3 nitrogen and oxygen atoms in total. The van der Waals surface area contributed by atoms with Crippen LogP contribution in [0.15, 0.2) is 34.7 Å². The van der Waals surface area contributed by atoms with Gasteiger partial charge in [0.05, 0.1) is 18.8 Å². The number of fused-ring (bicyclic) bond motifs is 2. The number of rotatable bonds is 2. The molecule has 0 amide bonds. The Morgan fingerprint density at radius 1 is 1.10 bits per heavy atom. The standard InChI is InChI=1S/C23H31F3O3/c1-15-6-9-22(27,14-20(24)21(25)26)8-2-3-19-17(15)5-4-16-13-23(10-7-18(16)19)28-11-12-29-23/h3,15,17,27H,2,4-14H2,1H3. The molecule has 1 spiro atoms. The summed E-state index contributed by atoms with van der Waals surface area (Å²) in [7, 11) is 0. The van der Waals surface area contributed by atoms with Crippen molar-refractivity contribution in [1.82, 2.24) is 0 Å². The lowest BCUT2D eigenvalue weighted by Gasteiger charge is -2.41. The molecule has 1 aliphatic heterocycles. The van der Waals surface area contributed by atoms with E-state index in [0.29, 0.717) is 50.7 Å². The van der Waals surface area contributed by atoms with Crippen LogP contribution in [0.3, 0.4) is 0 Å². The maximum Gasteiger partial charge on any atom is 0.301 e. The Morgan fingerprint density at radius 2 is 1.86 bits per heavy atom. The largest absolute Gasteiger partial charge is 0.389 e. The minimum absolute atomic E-state index is 0.301. The number of hydrogen-bond donors (Lipinski definition) is 1. The van der Waals surface area contributed by atoms with Crippen LogP contribution in [0.4, 0.5) is 13.2 Å². The molecular formula is C23H31F3O3. The number of hydrogen-bond acceptors (Lipinski definition) is 3. The smallest absolute Gasteiger partial charge is 0.301 e. The summed E-state index contributed by atoms with van der Waals surface area (Å²) < 4.78 is 50.6. The molecule has 0 radical (unpaired) electrons. The maximum absolute atomic E-state index is 13.6. The molecule has 6 heteroatoms. The normalized spacial score (nSPS) is 34.6. The quantitative estimate of drug-likeness (QED) is 0.609. The van der Waals surface area contributed by atoms with Gasteiger partial charge in [0.2, 0.25) is 0 Å². The molecule has 162 valence electrons. The summed E-state index contributed by atoms with van der Waals surface area (Å²) in [4.78, 5) is 0. The lowest BCUT2D eigenvalue weighted by Crippen LogP contribution is -2.36. The minimum atomic E-state index is -2.32. The summed E-state index contributed by atoms with van der Waals surface area (Å²) in [6.07, 6.45) is 5.91. The molecule has 1 saturated heterocycles. The van der Waals surface area contributed by atoms with E-state index >= 15 is 0 Å². The SMILES string of the molecule is CC1CCC(O)(CC(F)=C(F)F)CCC=C2C3=C(CCC21)CC1(CC3)OCCO1. The van der Waals surface area contributed by atoms with Gasteiger partial charge in [0, 0.05) is 19.3 Å². The van der Waals surface area contributed by atoms with Crippen molar-refractivity contribution in [2.75, 3.05) is 13.2 Å². The summed E-state index contributed by atoms with van der Waals surface area (Å²) in [5.41, 5.74) is 2.80. The van der Waals surface area contributed by atoms with Crippen molar-refractivity contribution in [3.63, 3.8) is 0 Å². The first-order valence-corrected chi connectivity index (χ1v) is 10.9. The first-order valence-electron chi connectivity index (χ1n) is 10.9. The fraction of sp³-hybridized carbons (Fsp3) is 0.739. The van der Waals surface area contributed by atoms with Crippen LogP contribution in [-0.2, 0) is 9.47 Å². The Morgan fingerprint density at radius 3 is 2.59 bits per heavy atom. The molecular weight excluding hydrogens is 381 g/mol. The van der Waals surface area contributed by atoms with E-state index in [4.69, 9.17) is 9.47 Å². The Kier molecular flexibility index (Phi) is 5.97. The van der Waals surface area contributed by atoms with Crippen LogP contribution < -0.4 is 0 Å². The summed E-state index contributed by atoms with van der Waals surface area (Å²) in [6, 6.07) is 0. The number of allylic oxidation sites excluding steroid dienone is 3. The number of halogens is 3. The van der Waals surface area contributed by atoms with E-state index in [0.717, 1.165) is 32.1 Å². The van der Waals surface area contributed by atoms with Crippen molar-refractivity contribution in [3.05, 3.63) is 34.7 Å². The highest BCUT2D eigenvalue weighted by atomic mass is 19.3. The van der Waals surface area contributed by atoms with E-state index in [1.165, 1.54) is 16.7 Å². The highest BCUT2D eigenvalue weighted by molar-refractivity contribution is 5.42. The highest BCUT2D eigenvalue weighted by Gasteiger charge is 2.44. The summed E-state index contributed by atoms with van der Waals surface area (Å²) in [5.74, 6) is -1.19. The molecule has 1 heterocycles. The van der Waals surface area contributed by atoms with Crippen LogP contribution in [0, 0.1) is 11.8 Å². The van der Waals surface area contributed by atoms with Gasteiger partial charge in [-0.1, -0.05) is 18.6 Å². The zero-order chi connectivity index (χ0) is 20.6. The monoisotopic (exact) mass is 412 g/mol. The van der Waals surface area contributed by atoms with E-state index in [2.05, 4.69) is 13.0 Å². The third-order valence-electron chi connectivity index (χ3n) is 7.40. The van der Waals surface area contributed by atoms with Crippen molar-refractivity contribution in [2.45, 2.75) is 82.5 Å². The van der Waals surface area contributed by atoms with Gasteiger partial charge >= 0.3 is 6.08 Å². The van der Waals surface area contributed by atoms with Crippen LogP contribution in [-0.4, -0.2) is 29.7 Å². The molecule has 4 aliphatic rings. The third kappa shape index (κ3) is 4.35. The van der Waals surface area contributed by atoms with E-state index in [-0.39, 0.29) is 0 Å². The number of ether oxygens (including phenoxy) is 2. The van der Waals surface area contributed by atoms with E-state index in [9.17, 15) is 18.3 Å². The van der Waals surface area contributed by atoms with Crippen LogP contribution in [0.2, 0.25) is 0 Å². The molecule has 0 bridgehead atoms. The molecule has 0 aromatic heterocycles. The van der Waals surface area contributed by atoms with E-state index in [1.807, 2.05) is 0 Å². The van der Waals surface area contributed by atoms with Crippen molar-refractivity contribution >= 4 is 0 Å². The van der Waals surface area contributed by atoms with Gasteiger partial charge in [-0.3, -0.25) is 0 Å². The van der Waals surface area contributed by atoms with E-state index < -0.39 is 29.7 Å². The Bertz CT molecular complexity index is 732. The molecule has 4 rings (SSSR count). The lowest BCUT2D eigenvalue weighted by molar-refractivity contribution is -0.164. The summed E-state index contributed by atoms with van der Waals surface area (Å²) in [5, 5.41) is 10.9. The lowest BCUT2D eigenvalue weighted by atomic mass is 9.68. The topological polar surface area (TPSA) is 38.7 Å². The fourth-order valence-corrected chi connectivity index (χ4v) is 5.77. The van der Waals surface area contributed by atoms with Gasteiger partial charge in [0.1, 0.15) is 0 Å². The van der Waals surface area contributed by atoms with Crippen molar-refractivity contribution in [2.24, 2.45) is 11.8 Å². The molecule has 3 atom stereocenters. The maximum atomic E-state index is 13.6. The first-order chi connectivity index (χ1) is 13.8. The van der Waals surface area contributed by atoms with Crippen LogP contribution in [0.5, 0.6) is 0 Å². The average molecular weight is 412 g/mol. The first kappa shape index (κ1) is 21.1. The second kappa shape index (κ2) is 8.20. The molecule has 3 aliphatic carbocycles. The predicted octanol–water partition coefficient (Wildman–Crippen LogP) is 5.96. The average Bonchev–Trinajstić information content (AvgIpc) is 3.14. The van der Waals surface area contributed by atoms with Crippen LogP contribution in [0.1, 0.15) is 71.1 Å². The molecule has 0 saturated carbocycles. The molecule has 0 aromatic rings. The van der Waals surface area contributed by atoms with Gasteiger partial charge in [-0.2, -0.15) is 8.78 Å².